The molecule has 0 atom stereocenters. The fourth-order valence-electron chi connectivity index (χ4n) is 1.03. The quantitative estimate of drug-likeness (QED) is 0.765. The maximum absolute atomic E-state index is 7.57. The summed E-state index contributed by atoms with van der Waals surface area (Å²) >= 11 is 0. The molecule has 78 valence electrons. The Morgan fingerprint density at radius 2 is 1.38 bits per heavy atom. The predicted octanol–water partition coefficient (Wildman–Crippen LogP) is 3.32. The Labute approximate surface area is 111 Å². The maximum Gasteiger partial charge on any atom is 0.0473 e. The van der Waals surface area contributed by atoms with Gasteiger partial charge in [0.1, 0.15) is 0 Å². The van der Waals surface area contributed by atoms with Crippen LogP contribution < -0.4 is 0 Å². The van der Waals surface area contributed by atoms with Gasteiger partial charge in [0.05, 0.1) is 0 Å². The van der Waals surface area contributed by atoms with Crippen molar-refractivity contribution >= 4 is 8.80 Å². The predicted molar refractivity (Wildman–Crippen MR) is 59.2 cm³/mol. The van der Waals surface area contributed by atoms with Gasteiger partial charge in [0.15, 0.2) is 0 Å². The Kier molecular flexibility index (Phi) is 28.9. The van der Waals surface area contributed by atoms with Gasteiger partial charge in [-0.25, -0.2) is 0 Å². The molecule has 0 aliphatic rings. The van der Waals surface area contributed by atoms with E-state index >= 15 is 0 Å². The summed E-state index contributed by atoms with van der Waals surface area (Å²) < 4.78 is 0. The Bertz CT molecular complexity index is 67.9. The van der Waals surface area contributed by atoms with Gasteiger partial charge in [-0.05, 0) is 6.92 Å². The Morgan fingerprint density at radius 1 is 1.00 bits per heavy atom. The molecule has 0 aromatic heterocycles. The molecule has 0 spiro atoms. The minimum atomic E-state index is 0. The van der Waals surface area contributed by atoms with Gasteiger partial charge >= 0.3 is 0 Å². The van der Waals surface area contributed by atoms with Gasteiger partial charge in [-0.3, -0.25) is 0 Å². The van der Waals surface area contributed by atoms with Crippen molar-refractivity contribution in [2.24, 2.45) is 0 Å². The Hall–Kier alpha value is 1.28. The van der Waals surface area contributed by atoms with Crippen molar-refractivity contribution in [1.82, 2.24) is 0 Å². The third kappa shape index (κ3) is 19.6. The third-order valence-corrected chi connectivity index (χ3v) is 4.94. The van der Waals surface area contributed by atoms with Crippen molar-refractivity contribution in [3.8, 4) is 0 Å². The molecule has 2 radical (unpaired) electrons. The number of unbranched alkanes of at least 4 members (excludes halogenated alkanes) is 1. The van der Waals surface area contributed by atoms with Crippen molar-refractivity contribution < 1.29 is 37.8 Å². The van der Waals surface area contributed by atoms with Crippen LogP contribution in [0.2, 0.25) is 18.1 Å². The number of hydrogen-bond donors (Lipinski definition) is 1. The molecule has 0 unspecified atom stereocenters. The molecule has 0 saturated heterocycles. The Balaban J connectivity index is -0.000000220. The second kappa shape index (κ2) is 19.0. The van der Waals surface area contributed by atoms with Crippen molar-refractivity contribution in [2.75, 3.05) is 6.61 Å². The van der Waals surface area contributed by atoms with Crippen LogP contribution >= 0.6 is 0 Å². The first-order valence-electron chi connectivity index (χ1n) is 5.21. The van der Waals surface area contributed by atoms with E-state index < -0.39 is 0 Å². The van der Waals surface area contributed by atoms with Gasteiger partial charge in [0.2, 0.25) is 0 Å². The average Bonchev–Trinajstić information content (AvgIpc) is 2.08. The van der Waals surface area contributed by atoms with Crippen molar-refractivity contribution in [3.63, 3.8) is 0 Å². The van der Waals surface area contributed by atoms with Crippen LogP contribution in [0.15, 0.2) is 0 Å². The third-order valence-electron chi connectivity index (χ3n) is 1.88. The van der Waals surface area contributed by atoms with E-state index in [1.165, 1.54) is 24.9 Å². The summed E-state index contributed by atoms with van der Waals surface area (Å²) in [6.07, 6.45) is 2.85. The Morgan fingerprint density at radius 3 is 1.62 bits per heavy atom. The molecule has 13 heavy (non-hydrogen) atoms. The summed E-state index contributed by atoms with van der Waals surface area (Å²) in [5.74, 6) is 0. The van der Waals surface area contributed by atoms with Crippen LogP contribution in [0.25, 0.3) is 0 Å². The first kappa shape index (κ1) is 19.8. The van der Waals surface area contributed by atoms with Gasteiger partial charge in [-0.15, -0.1) is 0 Å². The molecule has 0 bridgehead atoms. The monoisotopic (exact) mass is 278 g/mol. The summed E-state index contributed by atoms with van der Waals surface area (Å²) in [5.41, 5.74) is 0. The van der Waals surface area contributed by atoms with E-state index in [0.29, 0.717) is 0 Å². The fraction of sp³-hybridized carbons (Fsp3) is 1.00. The summed E-state index contributed by atoms with van der Waals surface area (Å²) in [4.78, 5) is 0. The second-order valence-corrected chi connectivity index (χ2v) is 6.29. The normalized spacial score (nSPS) is 8.77. The number of hydrogen-bond acceptors (Lipinski definition) is 1. The molecule has 0 aliphatic heterocycles. The first-order chi connectivity index (χ1) is 5.76. The summed E-state index contributed by atoms with van der Waals surface area (Å²) in [7, 11) is 0.114. The van der Waals surface area contributed by atoms with Crippen LogP contribution in [0.4, 0.5) is 0 Å². The van der Waals surface area contributed by atoms with E-state index in [1.54, 1.807) is 13.0 Å². The minimum Gasteiger partial charge on any atom is -0.397 e. The molecule has 1 nitrogen and oxygen atoms in total. The van der Waals surface area contributed by atoms with Crippen LogP contribution in [0.3, 0.4) is 0 Å². The van der Waals surface area contributed by atoms with Crippen LogP contribution in [0.1, 0.15) is 40.5 Å². The summed E-state index contributed by atoms with van der Waals surface area (Å²) in [5, 5.41) is 7.57. The zero-order valence-electron chi connectivity index (χ0n) is 9.77. The zero-order valence-corrected chi connectivity index (χ0v) is 13.6. The molecule has 0 heterocycles. The van der Waals surface area contributed by atoms with E-state index in [1.807, 2.05) is 0 Å². The van der Waals surface area contributed by atoms with Crippen LogP contribution in [0, 0.1) is 0 Å². The van der Waals surface area contributed by atoms with Crippen molar-refractivity contribution in [1.29, 1.82) is 0 Å². The topological polar surface area (TPSA) is 20.2 Å². The van der Waals surface area contributed by atoms with Crippen LogP contribution in [-0.2, 0) is 32.7 Å². The standard InChI is InChI=1S/C8H19Si.C2H6O.Y/c1-4-7-8-9(5-2)6-3;1-2-3;/h4-8H2,1-3H3;3H,2H2,1H3;. The molecule has 0 fully saturated rings. The fourth-order valence-corrected chi connectivity index (χ4v) is 3.09. The van der Waals surface area contributed by atoms with Crippen molar-refractivity contribution in [2.45, 2.75) is 58.7 Å². The van der Waals surface area contributed by atoms with Gasteiger partial charge in [0.25, 0.3) is 0 Å². The molecule has 1 N–H and O–H groups in total. The molecule has 0 aliphatic carbocycles. The first-order valence-corrected chi connectivity index (χ1v) is 7.33. The number of aliphatic hydroxyl groups is 1. The van der Waals surface area contributed by atoms with Gasteiger partial charge in [0, 0.05) is 48.1 Å². The van der Waals surface area contributed by atoms with Crippen LogP contribution in [0.5, 0.6) is 0 Å². The minimum absolute atomic E-state index is 0. The molecule has 0 aromatic rings. The molecule has 3 heteroatoms. The van der Waals surface area contributed by atoms with E-state index in [-0.39, 0.29) is 48.1 Å². The van der Waals surface area contributed by atoms with Gasteiger partial charge in [-0.2, -0.15) is 0 Å². The smallest absolute Gasteiger partial charge is 0.0473 e. The molecule has 0 rings (SSSR count). The maximum atomic E-state index is 7.57. The molecular weight excluding hydrogens is 253 g/mol. The molecular formula is C10H25OSiY. The largest absolute Gasteiger partial charge is 0.397 e. The molecule has 0 aromatic carbocycles. The van der Waals surface area contributed by atoms with Crippen LogP contribution in [-0.4, -0.2) is 20.5 Å². The van der Waals surface area contributed by atoms with Gasteiger partial charge < -0.3 is 5.11 Å². The molecule has 0 amide bonds. The SMILES string of the molecule is CCCC[Si](CC)CC.CCO.[Y]. The van der Waals surface area contributed by atoms with E-state index in [2.05, 4.69) is 20.8 Å². The summed E-state index contributed by atoms with van der Waals surface area (Å²) in [6, 6.07) is 4.50. The van der Waals surface area contributed by atoms with Gasteiger partial charge in [-0.1, -0.05) is 51.7 Å². The number of aliphatic hydroxyl groups excluding tert-OH is 1. The average molecular weight is 278 g/mol. The summed E-state index contributed by atoms with van der Waals surface area (Å²) in [6.45, 7) is 8.89. The van der Waals surface area contributed by atoms with Crippen molar-refractivity contribution in [3.05, 3.63) is 0 Å². The zero-order chi connectivity index (χ0) is 9.82. The van der Waals surface area contributed by atoms with E-state index in [4.69, 9.17) is 5.11 Å². The van der Waals surface area contributed by atoms with E-state index in [9.17, 15) is 0 Å². The second-order valence-electron chi connectivity index (χ2n) is 2.88. The molecule has 0 saturated carbocycles. The number of rotatable bonds is 5. The van der Waals surface area contributed by atoms with E-state index in [0.717, 1.165) is 0 Å².